The number of amides is 2. The minimum atomic E-state index is -0.296. The quantitative estimate of drug-likeness (QED) is 0.447. The summed E-state index contributed by atoms with van der Waals surface area (Å²) in [5, 5.41) is 10.0. The highest BCUT2D eigenvalue weighted by atomic mass is 32.2. The zero-order valence-electron chi connectivity index (χ0n) is 15.6. The maximum absolute atomic E-state index is 12.5. The van der Waals surface area contributed by atoms with Gasteiger partial charge in [0.05, 0.1) is 15.8 Å². The van der Waals surface area contributed by atoms with E-state index >= 15 is 0 Å². The van der Waals surface area contributed by atoms with Gasteiger partial charge in [0, 0.05) is 22.4 Å². The number of aromatic nitrogens is 1. The number of nitrogens with zero attached hydrogens (tertiary/aromatic N) is 1. The Morgan fingerprint density at radius 1 is 1.18 bits per heavy atom. The summed E-state index contributed by atoms with van der Waals surface area (Å²) in [5.41, 5.74) is 1.63. The van der Waals surface area contributed by atoms with Crippen LogP contribution in [0.2, 0.25) is 0 Å². The number of benzene rings is 1. The SMILES string of the molecule is CCCC(=O)Nc1cccc(SC(C)C(=O)Nc2nc(-c3cccs3)cs2)c1. The average Bonchev–Trinajstić information content (AvgIpc) is 3.33. The van der Waals surface area contributed by atoms with Crippen molar-refractivity contribution < 1.29 is 9.59 Å². The molecule has 2 aromatic heterocycles. The van der Waals surface area contributed by atoms with Crippen molar-refractivity contribution in [3.63, 3.8) is 0 Å². The number of hydrogen-bond donors (Lipinski definition) is 2. The first-order valence-electron chi connectivity index (χ1n) is 8.92. The van der Waals surface area contributed by atoms with Gasteiger partial charge in [-0.15, -0.1) is 34.4 Å². The van der Waals surface area contributed by atoms with Crippen LogP contribution >= 0.6 is 34.4 Å². The number of anilines is 2. The van der Waals surface area contributed by atoms with Crippen molar-refractivity contribution in [3.8, 4) is 10.6 Å². The summed E-state index contributed by atoms with van der Waals surface area (Å²) in [4.78, 5) is 30.8. The second kappa shape index (κ2) is 9.86. The molecule has 2 N–H and O–H groups in total. The van der Waals surface area contributed by atoms with Crippen LogP contribution in [0.5, 0.6) is 0 Å². The summed E-state index contributed by atoms with van der Waals surface area (Å²) in [7, 11) is 0. The molecule has 0 aliphatic rings. The largest absolute Gasteiger partial charge is 0.326 e. The zero-order valence-corrected chi connectivity index (χ0v) is 18.0. The van der Waals surface area contributed by atoms with Crippen LogP contribution in [0.1, 0.15) is 26.7 Å². The molecule has 0 fully saturated rings. The third kappa shape index (κ3) is 5.67. The van der Waals surface area contributed by atoms with Gasteiger partial charge in [-0.1, -0.05) is 19.1 Å². The van der Waals surface area contributed by atoms with Crippen LogP contribution in [-0.2, 0) is 9.59 Å². The van der Waals surface area contributed by atoms with Gasteiger partial charge in [0.15, 0.2) is 5.13 Å². The third-order valence-electron chi connectivity index (χ3n) is 3.78. The minimum absolute atomic E-state index is 0.000700. The first-order valence-corrected chi connectivity index (χ1v) is 11.6. The van der Waals surface area contributed by atoms with Crippen molar-refractivity contribution in [2.75, 3.05) is 10.6 Å². The molecule has 1 aromatic carbocycles. The normalized spacial score (nSPS) is 11.8. The van der Waals surface area contributed by atoms with E-state index in [0.717, 1.165) is 27.6 Å². The highest BCUT2D eigenvalue weighted by molar-refractivity contribution is 8.00. The van der Waals surface area contributed by atoms with E-state index in [1.165, 1.54) is 23.1 Å². The summed E-state index contributed by atoms with van der Waals surface area (Å²) in [6, 6.07) is 11.5. The van der Waals surface area contributed by atoms with E-state index in [0.29, 0.717) is 11.6 Å². The maximum Gasteiger partial charge on any atom is 0.239 e. The number of carbonyl (C=O) groups is 2. The second-order valence-electron chi connectivity index (χ2n) is 6.09. The van der Waals surface area contributed by atoms with Gasteiger partial charge in [-0.05, 0) is 43.0 Å². The Kier molecular flexibility index (Phi) is 7.24. The fourth-order valence-corrected chi connectivity index (χ4v) is 4.83. The third-order valence-corrected chi connectivity index (χ3v) is 6.53. The lowest BCUT2D eigenvalue weighted by Gasteiger charge is -2.12. The van der Waals surface area contributed by atoms with Crippen LogP contribution in [0.15, 0.2) is 52.1 Å². The van der Waals surface area contributed by atoms with E-state index in [-0.39, 0.29) is 17.1 Å². The molecule has 0 aliphatic carbocycles. The number of thiazole rings is 1. The Bertz CT molecular complexity index is 938. The predicted molar refractivity (Wildman–Crippen MR) is 119 cm³/mol. The van der Waals surface area contributed by atoms with Gasteiger partial charge in [0.1, 0.15) is 0 Å². The van der Waals surface area contributed by atoms with E-state index in [9.17, 15) is 9.59 Å². The lowest BCUT2D eigenvalue weighted by molar-refractivity contribution is -0.116. The second-order valence-corrected chi connectivity index (χ2v) is 9.31. The number of nitrogens with one attached hydrogen (secondary N) is 2. The van der Waals surface area contributed by atoms with Crippen molar-refractivity contribution in [1.29, 1.82) is 0 Å². The van der Waals surface area contributed by atoms with Crippen LogP contribution in [0.4, 0.5) is 10.8 Å². The molecule has 0 saturated carbocycles. The minimum Gasteiger partial charge on any atom is -0.326 e. The number of thioether (sulfide) groups is 1. The Morgan fingerprint density at radius 2 is 2.04 bits per heavy atom. The molecule has 1 atom stereocenters. The lowest BCUT2D eigenvalue weighted by Crippen LogP contribution is -2.22. The molecule has 0 aliphatic heterocycles. The molecule has 0 radical (unpaired) electrons. The Labute approximate surface area is 176 Å². The predicted octanol–water partition coefficient (Wildman–Crippen LogP) is 5.73. The van der Waals surface area contributed by atoms with Crippen molar-refractivity contribution in [1.82, 2.24) is 4.98 Å². The van der Waals surface area contributed by atoms with Crippen molar-refractivity contribution in [3.05, 3.63) is 47.2 Å². The van der Waals surface area contributed by atoms with Crippen LogP contribution in [0.25, 0.3) is 10.6 Å². The fourth-order valence-electron chi connectivity index (χ4n) is 2.43. The molecule has 0 spiro atoms. The summed E-state index contributed by atoms with van der Waals surface area (Å²) in [6.45, 7) is 3.83. The Balaban J connectivity index is 1.57. The molecule has 2 heterocycles. The molecule has 28 heavy (non-hydrogen) atoms. The summed E-state index contributed by atoms with van der Waals surface area (Å²) >= 11 is 4.49. The zero-order chi connectivity index (χ0) is 19.9. The van der Waals surface area contributed by atoms with Crippen molar-refractivity contribution >= 4 is 57.1 Å². The van der Waals surface area contributed by atoms with E-state index in [1.807, 2.05) is 61.0 Å². The van der Waals surface area contributed by atoms with Gasteiger partial charge in [-0.25, -0.2) is 4.98 Å². The Morgan fingerprint density at radius 3 is 2.79 bits per heavy atom. The van der Waals surface area contributed by atoms with Crippen molar-refractivity contribution in [2.45, 2.75) is 36.8 Å². The lowest BCUT2D eigenvalue weighted by atomic mass is 10.3. The molecular formula is C20H21N3O2S3. The van der Waals surface area contributed by atoms with Gasteiger partial charge in [-0.2, -0.15) is 0 Å². The van der Waals surface area contributed by atoms with E-state index in [4.69, 9.17) is 0 Å². The molecule has 8 heteroatoms. The molecule has 3 aromatic rings. The fraction of sp³-hybridized carbons (Fsp3) is 0.250. The van der Waals surface area contributed by atoms with E-state index in [2.05, 4.69) is 15.6 Å². The van der Waals surface area contributed by atoms with Gasteiger partial charge in [0.2, 0.25) is 11.8 Å². The summed E-state index contributed by atoms with van der Waals surface area (Å²) in [5.74, 6) is -0.0988. The number of rotatable bonds is 8. The van der Waals surface area contributed by atoms with E-state index in [1.54, 1.807) is 11.3 Å². The molecular weight excluding hydrogens is 410 g/mol. The Hall–Kier alpha value is -2.16. The van der Waals surface area contributed by atoms with E-state index < -0.39 is 0 Å². The molecule has 3 rings (SSSR count). The molecule has 0 saturated heterocycles. The monoisotopic (exact) mass is 431 g/mol. The van der Waals surface area contributed by atoms with Crippen LogP contribution in [-0.4, -0.2) is 22.0 Å². The van der Waals surface area contributed by atoms with Gasteiger partial charge < -0.3 is 10.6 Å². The molecule has 146 valence electrons. The van der Waals surface area contributed by atoms with Gasteiger partial charge >= 0.3 is 0 Å². The summed E-state index contributed by atoms with van der Waals surface area (Å²) < 4.78 is 0. The van der Waals surface area contributed by atoms with Crippen LogP contribution < -0.4 is 10.6 Å². The molecule has 2 amide bonds. The smallest absolute Gasteiger partial charge is 0.239 e. The van der Waals surface area contributed by atoms with Gasteiger partial charge in [-0.3, -0.25) is 9.59 Å². The van der Waals surface area contributed by atoms with Crippen molar-refractivity contribution in [2.24, 2.45) is 0 Å². The maximum atomic E-state index is 12.5. The van der Waals surface area contributed by atoms with Gasteiger partial charge in [0.25, 0.3) is 0 Å². The first-order chi connectivity index (χ1) is 13.5. The molecule has 0 bridgehead atoms. The molecule has 1 unspecified atom stereocenters. The summed E-state index contributed by atoms with van der Waals surface area (Å²) in [6.07, 6.45) is 1.31. The topological polar surface area (TPSA) is 71.1 Å². The number of hydrogen-bond acceptors (Lipinski definition) is 6. The van der Waals surface area contributed by atoms with Crippen LogP contribution in [0.3, 0.4) is 0 Å². The number of thiophene rings is 1. The first kappa shape index (κ1) is 20.6. The number of carbonyl (C=O) groups excluding carboxylic acids is 2. The average molecular weight is 432 g/mol. The molecule has 5 nitrogen and oxygen atoms in total. The highest BCUT2D eigenvalue weighted by Crippen LogP contribution is 2.30. The standard InChI is InChI=1S/C20H21N3O2S3/c1-3-6-18(24)21-14-7-4-8-15(11-14)28-13(2)19(25)23-20-22-16(12-27-20)17-9-5-10-26-17/h4-5,7-13H,3,6H2,1-2H3,(H,21,24)(H,22,23,25). The highest BCUT2D eigenvalue weighted by Gasteiger charge is 2.17. The van der Waals surface area contributed by atoms with Crippen LogP contribution in [0, 0.1) is 0 Å².